The molecule has 0 aliphatic carbocycles. The molecular weight excluding hydrogens is 276 g/mol. The molecule has 0 amide bonds. The summed E-state index contributed by atoms with van der Waals surface area (Å²) in [5.74, 6) is 0.346. The molecule has 0 saturated carbocycles. The Morgan fingerprint density at radius 2 is 1.85 bits per heavy atom. The zero-order valence-corrected chi connectivity index (χ0v) is 12.3. The van der Waals surface area contributed by atoms with Crippen LogP contribution in [-0.2, 0) is 18.9 Å². The predicted molar refractivity (Wildman–Crippen MR) is 76.3 cm³/mol. The highest BCUT2D eigenvalue weighted by Gasteiger charge is 2.52. The van der Waals surface area contributed by atoms with Crippen LogP contribution in [0.25, 0.3) is 0 Å². The molecule has 2 saturated heterocycles. The first-order chi connectivity index (χ1) is 9.69. The van der Waals surface area contributed by atoms with Crippen LogP contribution in [-0.4, -0.2) is 37.0 Å². The van der Waals surface area contributed by atoms with E-state index >= 15 is 0 Å². The summed E-state index contributed by atoms with van der Waals surface area (Å²) in [6.07, 6.45) is -0.574. The summed E-state index contributed by atoms with van der Waals surface area (Å²) in [6, 6.07) is 10.1. The summed E-state index contributed by atoms with van der Waals surface area (Å²) >= 11 is 1.64. The maximum Gasteiger partial charge on any atom is 0.272 e. The quantitative estimate of drug-likeness (QED) is 0.857. The van der Waals surface area contributed by atoms with Crippen LogP contribution in [0.5, 0.6) is 0 Å². The van der Waals surface area contributed by atoms with Gasteiger partial charge in [-0.25, -0.2) is 0 Å². The van der Waals surface area contributed by atoms with Gasteiger partial charge < -0.3 is 18.9 Å². The van der Waals surface area contributed by atoms with Gasteiger partial charge in [-0.05, 0) is 25.6 Å². The second-order valence-electron chi connectivity index (χ2n) is 4.88. The number of thioether (sulfide) groups is 1. The Morgan fingerprint density at radius 3 is 2.55 bits per heavy atom. The van der Waals surface area contributed by atoms with Crippen LogP contribution in [0.4, 0.5) is 0 Å². The van der Waals surface area contributed by atoms with Crippen molar-refractivity contribution in [1.29, 1.82) is 0 Å². The Bertz CT molecular complexity index is 478. The van der Waals surface area contributed by atoms with Crippen LogP contribution in [0.15, 0.2) is 47.8 Å². The van der Waals surface area contributed by atoms with E-state index in [1.54, 1.807) is 18.9 Å². The van der Waals surface area contributed by atoms with E-state index in [9.17, 15) is 0 Å². The van der Waals surface area contributed by atoms with Crippen molar-refractivity contribution in [3.05, 3.63) is 42.9 Å². The summed E-state index contributed by atoms with van der Waals surface area (Å²) in [6.45, 7) is 5.74. The van der Waals surface area contributed by atoms with E-state index in [0.29, 0.717) is 5.95 Å². The Morgan fingerprint density at radius 1 is 1.15 bits per heavy atom. The van der Waals surface area contributed by atoms with E-state index in [1.165, 1.54) is 0 Å². The number of methoxy groups -OCH3 is 1. The molecule has 2 heterocycles. The lowest BCUT2D eigenvalue weighted by molar-refractivity contribution is -0.164. The van der Waals surface area contributed by atoms with Gasteiger partial charge in [-0.15, -0.1) is 0 Å². The van der Waals surface area contributed by atoms with Gasteiger partial charge in [0.25, 0.3) is 5.95 Å². The molecule has 108 valence electrons. The average Bonchev–Trinajstić information content (AvgIpc) is 2.82. The van der Waals surface area contributed by atoms with Gasteiger partial charge in [0.05, 0.1) is 6.10 Å². The van der Waals surface area contributed by atoms with Crippen LogP contribution in [0.2, 0.25) is 0 Å². The smallest absolute Gasteiger partial charge is 0.272 e. The van der Waals surface area contributed by atoms with Gasteiger partial charge in [0.15, 0.2) is 12.2 Å². The number of benzene rings is 1. The fourth-order valence-electron chi connectivity index (χ4n) is 2.62. The van der Waals surface area contributed by atoms with E-state index < -0.39 is 0 Å². The molecule has 2 aliphatic rings. The summed E-state index contributed by atoms with van der Waals surface area (Å²) in [5.41, 5.74) is -0.136. The molecule has 2 aliphatic heterocycles. The minimum atomic E-state index is -0.200. The standard InChI is InChI=1S/C15H18O4S/c1-9-12(16-3)13-14(19-10(2)18-13)15(17-9)20-11-7-5-4-6-8-11/h4-9,12-15H,2H2,1,3H3/t9-,12-,13+,14+,15-/m0/s1. The monoisotopic (exact) mass is 294 g/mol. The topological polar surface area (TPSA) is 36.9 Å². The van der Waals surface area contributed by atoms with Crippen molar-refractivity contribution in [3.8, 4) is 0 Å². The SMILES string of the molecule is C=C1O[C@@H]2[C@@H](OC)[C@H](C)O[C@@H](Sc3ccccc3)[C@@H]2O1. The van der Waals surface area contributed by atoms with Crippen LogP contribution in [0, 0.1) is 0 Å². The second kappa shape index (κ2) is 5.68. The van der Waals surface area contributed by atoms with Crippen molar-refractivity contribution < 1.29 is 18.9 Å². The molecule has 3 rings (SSSR count). The van der Waals surface area contributed by atoms with E-state index in [0.717, 1.165) is 4.90 Å². The zero-order valence-electron chi connectivity index (χ0n) is 11.5. The first-order valence-corrected chi connectivity index (χ1v) is 7.49. The third-order valence-electron chi connectivity index (χ3n) is 3.53. The Kier molecular flexibility index (Phi) is 3.92. The Labute approximate surface area is 123 Å². The summed E-state index contributed by atoms with van der Waals surface area (Å²) in [7, 11) is 1.66. The molecule has 4 nitrogen and oxygen atoms in total. The van der Waals surface area contributed by atoms with E-state index in [-0.39, 0.29) is 29.9 Å². The molecule has 1 aromatic carbocycles. The molecule has 0 N–H and O–H groups in total. The maximum atomic E-state index is 6.05. The van der Waals surface area contributed by atoms with Gasteiger partial charge in [0, 0.05) is 12.0 Å². The first-order valence-electron chi connectivity index (χ1n) is 6.61. The predicted octanol–water partition coefficient (Wildman–Crippen LogP) is 2.79. The lowest BCUT2D eigenvalue weighted by Crippen LogP contribution is -2.54. The highest BCUT2D eigenvalue weighted by Crippen LogP contribution is 2.40. The number of hydrogen-bond donors (Lipinski definition) is 0. The fourth-order valence-corrected chi connectivity index (χ4v) is 3.78. The third-order valence-corrected chi connectivity index (χ3v) is 4.69. The fraction of sp³-hybridized carbons (Fsp3) is 0.467. The Hall–Kier alpha value is -1.17. The lowest BCUT2D eigenvalue weighted by atomic mass is 10.0. The molecule has 5 atom stereocenters. The van der Waals surface area contributed by atoms with Gasteiger partial charge in [-0.1, -0.05) is 30.0 Å². The van der Waals surface area contributed by atoms with Crippen molar-refractivity contribution in [2.75, 3.05) is 7.11 Å². The number of fused-ring (bicyclic) bond motifs is 1. The van der Waals surface area contributed by atoms with Gasteiger partial charge in [0.1, 0.15) is 11.5 Å². The summed E-state index contributed by atoms with van der Waals surface area (Å²) in [4.78, 5) is 1.14. The molecule has 0 bridgehead atoms. The zero-order chi connectivity index (χ0) is 14.1. The molecule has 1 aromatic rings. The minimum Gasteiger partial charge on any atom is -0.456 e. The molecule has 2 fully saturated rings. The average molecular weight is 294 g/mol. The maximum absolute atomic E-state index is 6.05. The van der Waals surface area contributed by atoms with E-state index in [1.807, 2.05) is 25.1 Å². The van der Waals surface area contributed by atoms with Gasteiger partial charge >= 0.3 is 0 Å². The summed E-state index contributed by atoms with van der Waals surface area (Å²) < 4.78 is 22.9. The van der Waals surface area contributed by atoms with Crippen molar-refractivity contribution >= 4 is 11.8 Å². The third kappa shape index (κ3) is 2.53. The summed E-state index contributed by atoms with van der Waals surface area (Å²) in [5, 5.41) is 0. The van der Waals surface area contributed by atoms with Crippen LogP contribution in [0.3, 0.4) is 0 Å². The number of rotatable bonds is 3. The lowest BCUT2D eigenvalue weighted by Gasteiger charge is -2.39. The molecule has 0 spiro atoms. The van der Waals surface area contributed by atoms with Crippen LogP contribution < -0.4 is 0 Å². The second-order valence-corrected chi connectivity index (χ2v) is 6.05. The first kappa shape index (κ1) is 13.8. The highest BCUT2D eigenvalue weighted by molar-refractivity contribution is 7.99. The van der Waals surface area contributed by atoms with Crippen LogP contribution >= 0.6 is 11.8 Å². The largest absolute Gasteiger partial charge is 0.456 e. The van der Waals surface area contributed by atoms with E-state index in [2.05, 4.69) is 18.7 Å². The minimum absolute atomic E-state index is 0.0584. The molecule has 0 unspecified atom stereocenters. The van der Waals surface area contributed by atoms with Crippen LogP contribution in [0.1, 0.15) is 6.92 Å². The van der Waals surface area contributed by atoms with Crippen molar-refractivity contribution in [3.63, 3.8) is 0 Å². The van der Waals surface area contributed by atoms with E-state index in [4.69, 9.17) is 18.9 Å². The van der Waals surface area contributed by atoms with Gasteiger partial charge in [-0.3, -0.25) is 0 Å². The molecule has 0 radical (unpaired) electrons. The molecule has 20 heavy (non-hydrogen) atoms. The van der Waals surface area contributed by atoms with Crippen molar-refractivity contribution in [2.24, 2.45) is 0 Å². The highest BCUT2D eigenvalue weighted by atomic mass is 32.2. The normalized spacial score (nSPS) is 36.1. The van der Waals surface area contributed by atoms with Crippen molar-refractivity contribution in [1.82, 2.24) is 0 Å². The Balaban J connectivity index is 1.79. The molecular formula is C15H18O4S. The van der Waals surface area contributed by atoms with Gasteiger partial charge in [0.2, 0.25) is 0 Å². The number of hydrogen-bond acceptors (Lipinski definition) is 5. The molecule has 5 heteroatoms. The van der Waals surface area contributed by atoms with Crippen molar-refractivity contribution in [2.45, 2.75) is 41.7 Å². The van der Waals surface area contributed by atoms with Gasteiger partial charge in [-0.2, -0.15) is 0 Å². The molecule has 0 aromatic heterocycles. The number of ether oxygens (including phenoxy) is 4.